The molecule has 0 saturated carbocycles. The molecule has 2 rings (SSSR count). The Morgan fingerprint density at radius 1 is 1.25 bits per heavy atom. The predicted octanol–water partition coefficient (Wildman–Crippen LogP) is 0.633. The monoisotopic (exact) mass is 298 g/mol. The van der Waals surface area contributed by atoms with E-state index in [4.69, 9.17) is 4.74 Å². The second-order valence-electron chi connectivity index (χ2n) is 5.52. The summed E-state index contributed by atoms with van der Waals surface area (Å²) in [5.74, 6) is -1.23. The lowest BCUT2D eigenvalue weighted by Crippen LogP contribution is -2.45. The van der Waals surface area contributed by atoms with E-state index in [2.05, 4.69) is 15.5 Å². The molecular formula is C12H18N4O3S. The van der Waals surface area contributed by atoms with Crippen LogP contribution in [0.15, 0.2) is 0 Å². The van der Waals surface area contributed by atoms with Gasteiger partial charge in [0.25, 0.3) is 0 Å². The minimum atomic E-state index is -0.677. The van der Waals surface area contributed by atoms with Gasteiger partial charge in [-0.1, -0.05) is 32.1 Å². The van der Waals surface area contributed by atoms with E-state index in [0.717, 1.165) is 5.01 Å². The fourth-order valence-corrected chi connectivity index (χ4v) is 2.43. The molecule has 20 heavy (non-hydrogen) atoms. The molecule has 1 aromatic heterocycles. The lowest BCUT2D eigenvalue weighted by Gasteiger charge is -2.25. The van der Waals surface area contributed by atoms with Crippen LogP contribution in [0.2, 0.25) is 0 Å². The number of ether oxygens (including phenoxy) is 1. The van der Waals surface area contributed by atoms with Crippen LogP contribution in [0.1, 0.15) is 25.8 Å². The molecule has 1 aromatic rings. The molecule has 0 aromatic carbocycles. The number of nitrogens with one attached hydrogen (secondary N) is 1. The molecule has 1 aliphatic rings. The van der Waals surface area contributed by atoms with E-state index in [9.17, 15) is 9.59 Å². The zero-order valence-corrected chi connectivity index (χ0v) is 12.6. The van der Waals surface area contributed by atoms with E-state index in [1.807, 2.05) is 20.8 Å². The van der Waals surface area contributed by atoms with Crippen molar-refractivity contribution in [3.63, 3.8) is 0 Å². The molecule has 0 bridgehead atoms. The number of hydrogen-bond acceptors (Lipinski definition) is 6. The van der Waals surface area contributed by atoms with Crippen molar-refractivity contribution in [3.05, 3.63) is 5.01 Å². The molecule has 1 aliphatic heterocycles. The summed E-state index contributed by atoms with van der Waals surface area (Å²) in [5, 5.41) is 11.6. The molecule has 0 unspecified atom stereocenters. The first kappa shape index (κ1) is 14.9. The molecule has 2 heterocycles. The lowest BCUT2D eigenvalue weighted by atomic mass is 9.98. The highest BCUT2D eigenvalue weighted by atomic mass is 32.1. The highest BCUT2D eigenvalue weighted by molar-refractivity contribution is 7.15. The minimum absolute atomic E-state index is 0.130. The Balaban J connectivity index is 1.97. The van der Waals surface area contributed by atoms with Crippen LogP contribution in [0.4, 0.5) is 5.13 Å². The van der Waals surface area contributed by atoms with Gasteiger partial charge in [-0.05, 0) is 0 Å². The number of amides is 2. The number of rotatable bonds is 1. The van der Waals surface area contributed by atoms with Crippen molar-refractivity contribution < 1.29 is 14.3 Å². The molecule has 2 amide bonds. The summed E-state index contributed by atoms with van der Waals surface area (Å²) in [4.78, 5) is 25.3. The van der Waals surface area contributed by atoms with Crippen molar-refractivity contribution >= 4 is 28.3 Å². The smallest absolute Gasteiger partial charge is 0.315 e. The quantitative estimate of drug-likeness (QED) is 0.769. The first-order chi connectivity index (χ1) is 9.38. The molecule has 0 spiro atoms. The lowest BCUT2D eigenvalue weighted by molar-refractivity contribution is -0.145. The van der Waals surface area contributed by atoms with Gasteiger partial charge in [-0.2, -0.15) is 0 Å². The number of carbonyl (C=O) groups excluding carboxylic acids is 2. The van der Waals surface area contributed by atoms with E-state index < -0.39 is 11.8 Å². The Morgan fingerprint density at radius 2 is 1.90 bits per heavy atom. The highest BCUT2D eigenvalue weighted by Crippen LogP contribution is 2.27. The second kappa shape index (κ2) is 5.84. The molecular weight excluding hydrogens is 280 g/mol. The molecule has 1 fully saturated rings. The van der Waals surface area contributed by atoms with E-state index >= 15 is 0 Å². The van der Waals surface area contributed by atoms with Crippen LogP contribution in [0, 0.1) is 0 Å². The summed E-state index contributed by atoms with van der Waals surface area (Å²) in [5.41, 5.74) is -0.130. The zero-order chi connectivity index (χ0) is 14.8. The second-order valence-corrected chi connectivity index (χ2v) is 6.50. The standard InChI is InChI=1S/C12H18N4O3S/c1-12(2,3)10-14-15-11(20-10)13-8(17)9(18)16-4-6-19-7-5-16/h4-7H2,1-3H3,(H,13,15,17). The summed E-state index contributed by atoms with van der Waals surface area (Å²) >= 11 is 1.28. The summed E-state index contributed by atoms with van der Waals surface area (Å²) in [6.45, 7) is 7.84. The molecule has 8 heteroatoms. The average molecular weight is 298 g/mol. The van der Waals surface area contributed by atoms with Gasteiger partial charge in [0, 0.05) is 18.5 Å². The van der Waals surface area contributed by atoms with Gasteiger partial charge in [-0.15, -0.1) is 10.2 Å². The zero-order valence-electron chi connectivity index (χ0n) is 11.8. The van der Waals surface area contributed by atoms with E-state index in [1.165, 1.54) is 16.2 Å². The Labute approximate surface area is 121 Å². The molecule has 0 radical (unpaired) electrons. The van der Waals surface area contributed by atoms with Crippen LogP contribution >= 0.6 is 11.3 Å². The molecule has 1 saturated heterocycles. The van der Waals surface area contributed by atoms with Crippen molar-refractivity contribution in [2.45, 2.75) is 26.2 Å². The van der Waals surface area contributed by atoms with Crippen molar-refractivity contribution in [3.8, 4) is 0 Å². The van der Waals surface area contributed by atoms with Gasteiger partial charge in [-0.25, -0.2) is 0 Å². The number of hydrogen-bond donors (Lipinski definition) is 1. The Kier molecular flexibility index (Phi) is 4.34. The number of carbonyl (C=O) groups is 2. The highest BCUT2D eigenvalue weighted by Gasteiger charge is 2.25. The van der Waals surface area contributed by atoms with Crippen LogP contribution in [-0.4, -0.2) is 53.2 Å². The van der Waals surface area contributed by atoms with Crippen molar-refractivity contribution in [1.82, 2.24) is 15.1 Å². The van der Waals surface area contributed by atoms with E-state index in [0.29, 0.717) is 31.4 Å². The van der Waals surface area contributed by atoms with Gasteiger partial charge < -0.3 is 9.64 Å². The first-order valence-corrected chi connectivity index (χ1v) is 7.21. The van der Waals surface area contributed by atoms with Crippen molar-refractivity contribution in [2.75, 3.05) is 31.6 Å². The minimum Gasteiger partial charge on any atom is -0.378 e. The number of nitrogens with zero attached hydrogens (tertiary/aromatic N) is 3. The molecule has 1 N–H and O–H groups in total. The van der Waals surface area contributed by atoms with Gasteiger partial charge >= 0.3 is 11.8 Å². The Bertz CT molecular complexity index is 503. The summed E-state index contributed by atoms with van der Waals surface area (Å²) in [6, 6.07) is 0. The SMILES string of the molecule is CC(C)(C)c1nnc(NC(=O)C(=O)N2CCOCC2)s1. The van der Waals surface area contributed by atoms with Gasteiger partial charge in [0.05, 0.1) is 13.2 Å². The normalized spacial score (nSPS) is 16.1. The van der Waals surface area contributed by atoms with Gasteiger partial charge in [-0.3, -0.25) is 14.9 Å². The molecule has 0 aliphatic carbocycles. The van der Waals surface area contributed by atoms with Gasteiger partial charge in [0.15, 0.2) is 0 Å². The van der Waals surface area contributed by atoms with E-state index in [-0.39, 0.29) is 5.41 Å². The Hall–Kier alpha value is -1.54. The molecule has 7 nitrogen and oxygen atoms in total. The van der Waals surface area contributed by atoms with Crippen LogP contribution in [0.3, 0.4) is 0 Å². The maximum atomic E-state index is 11.9. The summed E-state index contributed by atoms with van der Waals surface area (Å²) in [7, 11) is 0. The van der Waals surface area contributed by atoms with Crippen molar-refractivity contribution in [2.24, 2.45) is 0 Å². The topological polar surface area (TPSA) is 84.4 Å². The Morgan fingerprint density at radius 3 is 2.45 bits per heavy atom. The number of aromatic nitrogens is 2. The third-order valence-corrected chi connectivity index (χ3v) is 4.04. The maximum Gasteiger partial charge on any atom is 0.315 e. The molecule has 110 valence electrons. The summed E-state index contributed by atoms with van der Waals surface area (Å²) < 4.78 is 5.14. The molecule has 0 atom stereocenters. The third kappa shape index (κ3) is 3.51. The van der Waals surface area contributed by atoms with Gasteiger partial charge in [0.1, 0.15) is 5.01 Å². The number of morpholine rings is 1. The first-order valence-electron chi connectivity index (χ1n) is 6.40. The van der Waals surface area contributed by atoms with Gasteiger partial charge in [0.2, 0.25) is 5.13 Å². The van der Waals surface area contributed by atoms with Crippen LogP contribution in [-0.2, 0) is 19.7 Å². The predicted molar refractivity (Wildman–Crippen MR) is 74.6 cm³/mol. The van der Waals surface area contributed by atoms with Crippen LogP contribution in [0.5, 0.6) is 0 Å². The largest absolute Gasteiger partial charge is 0.378 e. The number of anilines is 1. The maximum absolute atomic E-state index is 11.9. The van der Waals surface area contributed by atoms with E-state index in [1.54, 1.807) is 0 Å². The fraction of sp³-hybridized carbons (Fsp3) is 0.667. The van der Waals surface area contributed by atoms with Crippen LogP contribution in [0.25, 0.3) is 0 Å². The summed E-state index contributed by atoms with van der Waals surface area (Å²) in [6.07, 6.45) is 0. The average Bonchev–Trinajstić information content (AvgIpc) is 2.87. The fourth-order valence-electron chi connectivity index (χ4n) is 1.64. The van der Waals surface area contributed by atoms with Crippen molar-refractivity contribution in [1.29, 1.82) is 0 Å². The third-order valence-electron chi connectivity index (χ3n) is 2.78. The van der Waals surface area contributed by atoms with Crippen LogP contribution < -0.4 is 5.32 Å².